The maximum Gasteiger partial charge on any atom is 0.247 e. The van der Waals surface area contributed by atoms with Gasteiger partial charge in [0.2, 0.25) is 21.8 Å². The molecule has 2 rings (SSSR count). The van der Waals surface area contributed by atoms with Crippen molar-refractivity contribution in [3.63, 3.8) is 0 Å². The normalized spacial score (nSPS) is 12.4. The lowest BCUT2D eigenvalue weighted by Crippen LogP contribution is -2.47. The van der Waals surface area contributed by atoms with Gasteiger partial charge in [-0.25, -0.2) is 8.42 Å². The molecule has 0 aliphatic carbocycles. The zero-order valence-electron chi connectivity index (χ0n) is 18.6. The number of benzene rings is 2. The van der Waals surface area contributed by atoms with E-state index in [9.17, 15) is 18.0 Å². The smallest absolute Gasteiger partial charge is 0.247 e. The number of hydrogen-bond acceptors (Lipinski definition) is 4. The topological polar surface area (TPSA) is 86.8 Å². The summed E-state index contributed by atoms with van der Waals surface area (Å²) in [5.74, 6) is -0.790. The van der Waals surface area contributed by atoms with Crippen molar-refractivity contribution in [2.45, 2.75) is 32.4 Å². The van der Waals surface area contributed by atoms with Crippen LogP contribution in [0.5, 0.6) is 0 Å². The van der Waals surface area contributed by atoms with Crippen molar-refractivity contribution in [2.75, 3.05) is 26.4 Å². The van der Waals surface area contributed by atoms with Crippen LogP contribution in [-0.4, -0.2) is 55.8 Å². The third-order valence-corrected chi connectivity index (χ3v) is 6.53. The summed E-state index contributed by atoms with van der Waals surface area (Å²) in [6.07, 6.45) is 2.77. The molecule has 0 aliphatic rings. The van der Waals surface area contributed by atoms with Gasteiger partial charge in [-0.1, -0.05) is 67.4 Å². The molecule has 0 aliphatic heterocycles. The standard InChI is InChI=1S/C23H30ClN3O4S/c1-4-5-15-25-23(29)22(19-9-7-6-8-10-19)27(16-18-11-13-20(24)14-12-18)21(28)17-26(2)32(3,30)31/h6-14,22H,4-5,15-17H2,1-3H3,(H,25,29)/t22-/m1/s1. The third kappa shape index (κ3) is 7.62. The molecule has 32 heavy (non-hydrogen) atoms. The van der Waals surface area contributed by atoms with Crippen LogP contribution in [0.3, 0.4) is 0 Å². The Morgan fingerprint density at radius 3 is 2.25 bits per heavy atom. The van der Waals surface area contributed by atoms with Gasteiger partial charge in [-0.15, -0.1) is 0 Å². The highest BCUT2D eigenvalue weighted by Crippen LogP contribution is 2.25. The second-order valence-electron chi connectivity index (χ2n) is 7.62. The predicted octanol–water partition coefficient (Wildman–Crippen LogP) is 3.22. The summed E-state index contributed by atoms with van der Waals surface area (Å²) < 4.78 is 24.8. The van der Waals surface area contributed by atoms with Crippen LogP contribution in [0.15, 0.2) is 54.6 Å². The van der Waals surface area contributed by atoms with E-state index in [4.69, 9.17) is 11.6 Å². The molecular weight excluding hydrogens is 450 g/mol. The van der Waals surface area contributed by atoms with Crippen molar-refractivity contribution in [1.29, 1.82) is 0 Å². The van der Waals surface area contributed by atoms with E-state index in [1.807, 2.05) is 13.0 Å². The van der Waals surface area contributed by atoms with Crippen molar-refractivity contribution in [2.24, 2.45) is 0 Å². The van der Waals surface area contributed by atoms with E-state index in [-0.39, 0.29) is 19.0 Å². The Morgan fingerprint density at radius 1 is 1.06 bits per heavy atom. The van der Waals surface area contributed by atoms with Crippen LogP contribution < -0.4 is 5.32 Å². The van der Waals surface area contributed by atoms with Gasteiger partial charge in [0.05, 0.1) is 12.8 Å². The minimum absolute atomic E-state index is 0.119. The molecule has 0 heterocycles. The van der Waals surface area contributed by atoms with Crippen LogP contribution in [0.4, 0.5) is 0 Å². The Kier molecular flexibility index (Phi) is 9.68. The number of sulfonamides is 1. The molecule has 0 aromatic heterocycles. The number of likely N-dealkylation sites (N-methyl/N-ethyl adjacent to an activating group) is 1. The molecule has 9 heteroatoms. The zero-order valence-corrected chi connectivity index (χ0v) is 20.2. The molecule has 174 valence electrons. The molecule has 2 amide bonds. The number of unbranched alkanes of at least 4 members (excludes halogenated alkanes) is 1. The summed E-state index contributed by atoms with van der Waals surface area (Å²) in [5.41, 5.74) is 1.41. The Balaban J connectivity index is 2.45. The van der Waals surface area contributed by atoms with Crippen LogP contribution in [0, 0.1) is 0 Å². The molecule has 2 aromatic carbocycles. The molecule has 1 N–H and O–H groups in total. The lowest BCUT2D eigenvalue weighted by Gasteiger charge is -2.32. The van der Waals surface area contributed by atoms with Crippen molar-refractivity contribution in [3.8, 4) is 0 Å². The maximum atomic E-state index is 13.3. The summed E-state index contributed by atoms with van der Waals surface area (Å²) in [4.78, 5) is 28.0. The molecule has 0 bridgehead atoms. The quantitative estimate of drug-likeness (QED) is 0.501. The van der Waals surface area contributed by atoms with E-state index >= 15 is 0 Å². The Bertz CT molecular complexity index is 998. The first-order valence-electron chi connectivity index (χ1n) is 10.4. The van der Waals surface area contributed by atoms with Gasteiger partial charge in [0.25, 0.3) is 0 Å². The van der Waals surface area contributed by atoms with E-state index < -0.39 is 22.0 Å². The molecule has 0 saturated heterocycles. The number of rotatable bonds is 11. The summed E-state index contributed by atoms with van der Waals surface area (Å²) in [6, 6.07) is 15.1. The predicted molar refractivity (Wildman–Crippen MR) is 127 cm³/mol. The summed E-state index contributed by atoms with van der Waals surface area (Å²) in [7, 11) is -2.23. The molecular formula is C23H30ClN3O4S. The van der Waals surface area contributed by atoms with Crippen molar-refractivity contribution < 1.29 is 18.0 Å². The third-order valence-electron chi connectivity index (χ3n) is 5.02. The molecule has 2 aromatic rings. The van der Waals surface area contributed by atoms with Crippen LogP contribution in [0.25, 0.3) is 0 Å². The lowest BCUT2D eigenvalue weighted by atomic mass is 10.0. The highest BCUT2D eigenvalue weighted by Gasteiger charge is 2.32. The average molecular weight is 480 g/mol. The summed E-state index contributed by atoms with van der Waals surface area (Å²) >= 11 is 5.99. The zero-order chi connectivity index (χ0) is 23.7. The molecule has 7 nitrogen and oxygen atoms in total. The molecule has 1 atom stereocenters. The first-order valence-corrected chi connectivity index (χ1v) is 12.6. The largest absolute Gasteiger partial charge is 0.354 e. The minimum atomic E-state index is -3.57. The number of nitrogens with one attached hydrogen (secondary N) is 1. The van der Waals surface area contributed by atoms with Crippen LogP contribution in [0.1, 0.15) is 36.9 Å². The second kappa shape index (κ2) is 12.0. The van der Waals surface area contributed by atoms with Gasteiger partial charge in [0.15, 0.2) is 0 Å². The van der Waals surface area contributed by atoms with E-state index in [1.54, 1.807) is 48.5 Å². The van der Waals surface area contributed by atoms with E-state index in [2.05, 4.69) is 5.32 Å². The maximum absolute atomic E-state index is 13.3. The molecule has 0 saturated carbocycles. The molecule has 0 spiro atoms. The highest BCUT2D eigenvalue weighted by atomic mass is 35.5. The second-order valence-corrected chi connectivity index (χ2v) is 10.2. The van der Waals surface area contributed by atoms with Gasteiger partial charge in [-0.3, -0.25) is 9.59 Å². The number of nitrogens with zero attached hydrogens (tertiary/aromatic N) is 2. The number of hydrogen-bond donors (Lipinski definition) is 1. The fourth-order valence-electron chi connectivity index (χ4n) is 3.10. The fourth-order valence-corrected chi connectivity index (χ4v) is 3.57. The first kappa shape index (κ1) is 25.8. The van der Waals surface area contributed by atoms with Gasteiger partial charge in [0.1, 0.15) is 6.04 Å². The number of carbonyl (C=O) groups is 2. The van der Waals surface area contributed by atoms with Crippen LogP contribution >= 0.6 is 11.6 Å². The van der Waals surface area contributed by atoms with Crippen molar-refractivity contribution in [1.82, 2.24) is 14.5 Å². The van der Waals surface area contributed by atoms with Gasteiger partial charge < -0.3 is 10.2 Å². The van der Waals surface area contributed by atoms with Gasteiger partial charge >= 0.3 is 0 Å². The summed E-state index contributed by atoms with van der Waals surface area (Å²) in [6.45, 7) is 2.26. The monoisotopic (exact) mass is 479 g/mol. The van der Waals surface area contributed by atoms with Gasteiger partial charge in [0, 0.05) is 25.2 Å². The Labute approximate surface area is 195 Å². The average Bonchev–Trinajstić information content (AvgIpc) is 2.75. The first-order chi connectivity index (χ1) is 15.1. The van der Waals surface area contributed by atoms with Crippen LogP contribution in [-0.2, 0) is 26.2 Å². The van der Waals surface area contributed by atoms with E-state index in [0.717, 1.165) is 29.0 Å². The number of halogens is 1. The highest BCUT2D eigenvalue weighted by molar-refractivity contribution is 7.88. The minimum Gasteiger partial charge on any atom is -0.354 e. The Morgan fingerprint density at radius 2 is 1.69 bits per heavy atom. The van der Waals surface area contributed by atoms with Crippen molar-refractivity contribution in [3.05, 3.63) is 70.7 Å². The van der Waals surface area contributed by atoms with Gasteiger partial charge in [-0.2, -0.15) is 4.31 Å². The molecule has 0 radical (unpaired) electrons. The van der Waals surface area contributed by atoms with E-state index in [1.165, 1.54) is 11.9 Å². The fraction of sp³-hybridized carbons (Fsp3) is 0.391. The molecule has 0 fully saturated rings. The van der Waals surface area contributed by atoms with E-state index in [0.29, 0.717) is 17.1 Å². The number of amides is 2. The lowest BCUT2D eigenvalue weighted by molar-refractivity contribution is -0.141. The summed E-state index contributed by atoms with van der Waals surface area (Å²) in [5, 5.41) is 3.47. The molecule has 0 unspecified atom stereocenters. The Hall–Kier alpha value is -2.42. The van der Waals surface area contributed by atoms with Crippen LogP contribution in [0.2, 0.25) is 5.02 Å². The number of carbonyl (C=O) groups excluding carboxylic acids is 2. The van der Waals surface area contributed by atoms with Gasteiger partial charge in [-0.05, 0) is 29.7 Å². The van der Waals surface area contributed by atoms with Crippen molar-refractivity contribution >= 4 is 33.4 Å². The SMILES string of the molecule is CCCCNC(=O)[C@@H](c1ccccc1)N(Cc1ccc(Cl)cc1)C(=O)CN(C)S(C)(=O)=O.